The molecule has 0 saturated carbocycles. The highest BCUT2D eigenvalue weighted by atomic mass is 79.9. The normalized spacial score (nSPS) is 10.5. The van der Waals surface area contributed by atoms with E-state index in [0.717, 1.165) is 15.8 Å². The number of methoxy groups -OCH3 is 2. The minimum absolute atomic E-state index is 0.166. The number of rotatable bonds is 8. The summed E-state index contributed by atoms with van der Waals surface area (Å²) in [6.07, 6.45) is 2.99. The molecule has 132 valence electrons. The number of ether oxygens (including phenoxy) is 4. The van der Waals surface area contributed by atoms with Gasteiger partial charge in [-0.15, -0.1) is 0 Å². The van der Waals surface area contributed by atoms with Crippen LogP contribution in [0.25, 0.3) is 6.08 Å². The van der Waals surface area contributed by atoms with Crippen molar-refractivity contribution in [3.05, 3.63) is 58.6 Å². The molecule has 2 rings (SSSR count). The summed E-state index contributed by atoms with van der Waals surface area (Å²) in [6.45, 7) is 0.450. The summed E-state index contributed by atoms with van der Waals surface area (Å²) in [6, 6.07) is 12.8. The van der Waals surface area contributed by atoms with Crippen molar-refractivity contribution < 1.29 is 23.7 Å². The summed E-state index contributed by atoms with van der Waals surface area (Å²) >= 11 is 3.35. The van der Waals surface area contributed by atoms with E-state index in [1.807, 2.05) is 24.3 Å². The van der Waals surface area contributed by atoms with Crippen LogP contribution < -0.4 is 14.2 Å². The molecule has 0 aromatic heterocycles. The van der Waals surface area contributed by atoms with E-state index in [-0.39, 0.29) is 13.2 Å². The van der Waals surface area contributed by atoms with Gasteiger partial charge in [0.05, 0.1) is 14.2 Å². The van der Waals surface area contributed by atoms with Crippen LogP contribution in [0.3, 0.4) is 0 Å². The predicted molar refractivity (Wildman–Crippen MR) is 99.2 cm³/mol. The molecule has 0 amide bonds. The van der Waals surface area contributed by atoms with Crippen LogP contribution in [-0.2, 0) is 9.53 Å². The second-order valence-corrected chi connectivity index (χ2v) is 5.83. The van der Waals surface area contributed by atoms with Crippen molar-refractivity contribution in [1.82, 2.24) is 0 Å². The Bertz CT molecular complexity index is 725. The number of carbonyl (C=O) groups is 1. The molecule has 0 atom stereocenters. The molecule has 2 aromatic carbocycles. The Morgan fingerprint density at radius 1 is 1.00 bits per heavy atom. The molecule has 0 aliphatic heterocycles. The molecular weight excluding hydrogens is 388 g/mol. The molecule has 0 spiro atoms. The number of benzene rings is 2. The first-order valence-electron chi connectivity index (χ1n) is 7.57. The fourth-order valence-corrected chi connectivity index (χ4v) is 2.26. The van der Waals surface area contributed by atoms with Crippen molar-refractivity contribution in [2.75, 3.05) is 27.4 Å². The summed E-state index contributed by atoms with van der Waals surface area (Å²) in [7, 11) is 3.14. The summed E-state index contributed by atoms with van der Waals surface area (Å²) in [5.41, 5.74) is 0.756. The first-order chi connectivity index (χ1) is 12.1. The standard InChI is InChI=1S/C19H19BrO5/c1-22-17-7-3-14(18(13-17)23-2)4-10-19(21)25-12-11-24-16-8-5-15(20)6-9-16/h3-10,13H,11-12H2,1-2H3. The molecule has 0 heterocycles. The van der Waals surface area contributed by atoms with Crippen molar-refractivity contribution in [2.45, 2.75) is 0 Å². The van der Waals surface area contributed by atoms with Gasteiger partial charge in [-0.05, 0) is 42.5 Å². The van der Waals surface area contributed by atoms with E-state index in [1.165, 1.54) is 6.08 Å². The molecule has 0 aliphatic carbocycles. The number of esters is 1. The quantitative estimate of drug-likeness (QED) is 0.375. The summed E-state index contributed by atoms with van der Waals surface area (Å²) < 4.78 is 22.0. The monoisotopic (exact) mass is 406 g/mol. The lowest BCUT2D eigenvalue weighted by Gasteiger charge is -2.07. The van der Waals surface area contributed by atoms with Crippen LogP contribution in [0.15, 0.2) is 53.0 Å². The lowest BCUT2D eigenvalue weighted by Crippen LogP contribution is -2.10. The third kappa shape index (κ3) is 6.15. The van der Waals surface area contributed by atoms with Gasteiger partial charge in [-0.25, -0.2) is 4.79 Å². The summed E-state index contributed by atoms with van der Waals surface area (Å²) in [5.74, 6) is 1.57. The minimum atomic E-state index is -0.447. The van der Waals surface area contributed by atoms with Crippen LogP contribution in [0, 0.1) is 0 Å². The van der Waals surface area contributed by atoms with Crippen molar-refractivity contribution in [3.8, 4) is 17.2 Å². The molecular formula is C19H19BrO5. The second kappa shape index (κ2) is 9.74. The van der Waals surface area contributed by atoms with E-state index in [9.17, 15) is 4.79 Å². The van der Waals surface area contributed by atoms with Gasteiger partial charge in [0.15, 0.2) is 0 Å². The molecule has 6 heteroatoms. The van der Waals surface area contributed by atoms with Gasteiger partial charge in [0.2, 0.25) is 0 Å². The molecule has 0 bridgehead atoms. The average Bonchev–Trinajstić information content (AvgIpc) is 2.64. The van der Waals surface area contributed by atoms with Gasteiger partial charge < -0.3 is 18.9 Å². The molecule has 0 saturated heterocycles. The Kier molecular flexibility index (Phi) is 7.35. The Morgan fingerprint density at radius 3 is 2.40 bits per heavy atom. The lowest BCUT2D eigenvalue weighted by atomic mass is 10.2. The smallest absolute Gasteiger partial charge is 0.330 e. The summed E-state index contributed by atoms with van der Waals surface area (Å²) in [4.78, 5) is 11.8. The third-order valence-electron chi connectivity index (χ3n) is 3.25. The van der Waals surface area contributed by atoms with Crippen molar-refractivity contribution in [3.63, 3.8) is 0 Å². The number of carbonyl (C=O) groups excluding carboxylic acids is 1. The zero-order valence-electron chi connectivity index (χ0n) is 14.0. The highest BCUT2D eigenvalue weighted by Crippen LogP contribution is 2.25. The molecule has 0 aliphatic rings. The van der Waals surface area contributed by atoms with E-state index in [0.29, 0.717) is 11.5 Å². The van der Waals surface area contributed by atoms with E-state index in [2.05, 4.69) is 15.9 Å². The SMILES string of the molecule is COc1ccc(C=CC(=O)OCCOc2ccc(Br)cc2)c(OC)c1. The fourth-order valence-electron chi connectivity index (χ4n) is 1.99. The fraction of sp³-hybridized carbons (Fsp3) is 0.211. The summed E-state index contributed by atoms with van der Waals surface area (Å²) in [5, 5.41) is 0. The van der Waals surface area contributed by atoms with Crippen LogP contribution >= 0.6 is 15.9 Å². The number of halogens is 1. The molecule has 2 aromatic rings. The van der Waals surface area contributed by atoms with Crippen LogP contribution in [0.5, 0.6) is 17.2 Å². The van der Waals surface area contributed by atoms with Crippen LogP contribution in [0.1, 0.15) is 5.56 Å². The van der Waals surface area contributed by atoms with Gasteiger partial charge in [-0.3, -0.25) is 0 Å². The van der Waals surface area contributed by atoms with Crippen LogP contribution in [-0.4, -0.2) is 33.4 Å². The first kappa shape index (κ1) is 18.9. The molecule has 5 nitrogen and oxygen atoms in total. The Labute approximate surface area is 155 Å². The zero-order valence-corrected chi connectivity index (χ0v) is 15.6. The highest BCUT2D eigenvalue weighted by Gasteiger charge is 2.04. The van der Waals surface area contributed by atoms with E-state index in [4.69, 9.17) is 18.9 Å². The largest absolute Gasteiger partial charge is 0.497 e. The number of hydrogen-bond donors (Lipinski definition) is 0. The molecule has 0 radical (unpaired) electrons. The van der Waals surface area contributed by atoms with Gasteiger partial charge in [0.1, 0.15) is 30.5 Å². The topological polar surface area (TPSA) is 54.0 Å². The number of hydrogen-bond acceptors (Lipinski definition) is 5. The van der Waals surface area contributed by atoms with Crippen LogP contribution in [0.4, 0.5) is 0 Å². The van der Waals surface area contributed by atoms with Gasteiger partial charge in [-0.1, -0.05) is 15.9 Å². The van der Waals surface area contributed by atoms with Crippen molar-refractivity contribution >= 4 is 28.0 Å². The lowest BCUT2D eigenvalue weighted by molar-refractivity contribution is -0.138. The first-order valence-corrected chi connectivity index (χ1v) is 8.37. The Morgan fingerprint density at radius 2 is 1.72 bits per heavy atom. The highest BCUT2D eigenvalue weighted by molar-refractivity contribution is 9.10. The zero-order chi connectivity index (χ0) is 18.1. The van der Waals surface area contributed by atoms with Gasteiger partial charge >= 0.3 is 5.97 Å². The maximum Gasteiger partial charge on any atom is 0.330 e. The minimum Gasteiger partial charge on any atom is -0.497 e. The van der Waals surface area contributed by atoms with E-state index in [1.54, 1.807) is 38.5 Å². The van der Waals surface area contributed by atoms with Crippen molar-refractivity contribution in [2.24, 2.45) is 0 Å². The van der Waals surface area contributed by atoms with Crippen LogP contribution in [0.2, 0.25) is 0 Å². The average molecular weight is 407 g/mol. The van der Waals surface area contributed by atoms with Gasteiger partial charge in [-0.2, -0.15) is 0 Å². The Hall–Kier alpha value is -2.47. The Balaban J connectivity index is 1.79. The molecule has 0 unspecified atom stereocenters. The van der Waals surface area contributed by atoms with Gasteiger partial charge in [0.25, 0.3) is 0 Å². The van der Waals surface area contributed by atoms with E-state index >= 15 is 0 Å². The maximum absolute atomic E-state index is 11.8. The predicted octanol–water partition coefficient (Wildman–Crippen LogP) is 4.10. The molecule has 0 fully saturated rings. The second-order valence-electron chi connectivity index (χ2n) is 4.91. The van der Waals surface area contributed by atoms with Gasteiger partial charge in [0, 0.05) is 22.2 Å². The van der Waals surface area contributed by atoms with Crippen molar-refractivity contribution in [1.29, 1.82) is 0 Å². The molecule has 0 N–H and O–H groups in total. The third-order valence-corrected chi connectivity index (χ3v) is 3.78. The maximum atomic E-state index is 11.8. The molecule has 25 heavy (non-hydrogen) atoms. The van der Waals surface area contributed by atoms with E-state index < -0.39 is 5.97 Å².